The Labute approximate surface area is 106 Å². The second kappa shape index (κ2) is 4.12. The number of nitrogens with zero attached hydrogens (tertiary/aromatic N) is 3. The first-order valence-corrected chi connectivity index (χ1v) is 5.94. The molecule has 98 valence electrons. The van der Waals surface area contributed by atoms with E-state index in [2.05, 4.69) is 10.4 Å². The molecule has 0 radical (unpaired) electrons. The smallest absolute Gasteiger partial charge is 0.272 e. The van der Waals surface area contributed by atoms with Crippen molar-refractivity contribution in [2.24, 2.45) is 0 Å². The maximum atomic E-state index is 12.0. The van der Waals surface area contributed by atoms with Gasteiger partial charge >= 0.3 is 0 Å². The van der Waals surface area contributed by atoms with Gasteiger partial charge in [-0.25, -0.2) is 0 Å². The number of hydrogen-bond acceptors (Lipinski definition) is 3. The summed E-state index contributed by atoms with van der Waals surface area (Å²) in [6.45, 7) is 6.95. The summed E-state index contributed by atoms with van der Waals surface area (Å²) in [4.78, 5) is 25.5. The van der Waals surface area contributed by atoms with Crippen molar-refractivity contribution >= 4 is 11.8 Å². The standard InChI is InChI=1S/C12H18N4O2/c1-12(2,3)13-10(17)8-7-9-11(18)15(4)5-6-16(9)14-8/h7H,5-6H2,1-4H3,(H,13,17). The Kier molecular flexibility index (Phi) is 2.88. The first kappa shape index (κ1) is 12.6. The van der Waals surface area contributed by atoms with Crippen LogP contribution >= 0.6 is 0 Å². The molecular formula is C12H18N4O2. The summed E-state index contributed by atoms with van der Waals surface area (Å²) in [5.74, 6) is -0.344. The van der Waals surface area contributed by atoms with Crippen LogP contribution in [0.15, 0.2) is 6.07 Å². The fraction of sp³-hybridized carbons (Fsp3) is 0.583. The third kappa shape index (κ3) is 2.37. The second-order valence-corrected chi connectivity index (χ2v) is 5.57. The Morgan fingerprint density at radius 2 is 2.06 bits per heavy atom. The molecule has 2 heterocycles. The maximum Gasteiger partial charge on any atom is 0.272 e. The van der Waals surface area contributed by atoms with Gasteiger partial charge in [-0.2, -0.15) is 5.10 Å². The summed E-state index contributed by atoms with van der Waals surface area (Å²) in [6, 6.07) is 1.55. The number of fused-ring (bicyclic) bond motifs is 1. The summed E-state index contributed by atoms with van der Waals surface area (Å²) < 4.78 is 1.60. The summed E-state index contributed by atoms with van der Waals surface area (Å²) in [7, 11) is 1.74. The number of rotatable bonds is 1. The average molecular weight is 250 g/mol. The van der Waals surface area contributed by atoms with Gasteiger partial charge in [0.25, 0.3) is 11.8 Å². The first-order chi connectivity index (χ1) is 8.28. The normalized spacial score (nSPS) is 15.6. The van der Waals surface area contributed by atoms with Crippen LogP contribution in [-0.2, 0) is 6.54 Å². The van der Waals surface area contributed by atoms with Crippen molar-refractivity contribution in [1.29, 1.82) is 0 Å². The lowest BCUT2D eigenvalue weighted by Gasteiger charge is -2.22. The van der Waals surface area contributed by atoms with Gasteiger partial charge in [0, 0.05) is 25.2 Å². The predicted molar refractivity (Wildman–Crippen MR) is 66.4 cm³/mol. The summed E-state index contributed by atoms with van der Waals surface area (Å²) >= 11 is 0. The van der Waals surface area contributed by atoms with Crippen molar-refractivity contribution in [2.75, 3.05) is 13.6 Å². The molecule has 18 heavy (non-hydrogen) atoms. The zero-order valence-electron chi connectivity index (χ0n) is 11.1. The van der Waals surface area contributed by atoms with Crippen molar-refractivity contribution in [1.82, 2.24) is 20.0 Å². The Morgan fingerprint density at radius 3 is 2.67 bits per heavy atom. The quantitative estimate of drug-likeness (QED) is 0.789. The molecule has 0 fully saturated rings. The van der Waals surface area contributed by atoms with E-state index in [-0.39, 0.29) is 17.4 Å². The number of aromatic nitrogens is 2. The molecule has 1 aliphatic heterocycles. The second-order valence-electron chi connectivity index (χ2n) is 5.57. The molecule has 6 heteroatoms. The van der Waals surface area contributed by atoms with E-state index in [1.165, 1.54) is 0 Å². The highest BCUT2D eigenvalue weighted by molar-refractivity contribution is 5.98. The molecule has 1 aromatic rings. The number of carbonyl (C=O) groups is 2. The maximum absolute atomic E-state index is 12.0. The summed E-state index contributed by atoms with van der Waals surface area (Å²) in [6.07, 6.45) is 0. The van der Waals surface area contributed by atoms with E-state index in [4.69, 9.17) is 0 Å². The number of hydrogen-bond donors (Lipinski definition) is 1. The molecule has 1 aromatic heterocycles. The van der Waals surface area contributed by atoms with Gasteiger partial charge in [0.05, 0.1) is 6.54 Å². The topological polar surface area (TPSA) is 67.2 Å². The van der Waals surface area contributed by atoms with Gasteiger partial charge in [0.1, 0.15) is 5.69 Å². The van der Waals surface area contributed by atoms with Crippen molar-refractivity contribution in [3.05, 3.63) is 17.5 Å². The fourth-order valence-corrected chi connectivity index (χ4v) is 1.82. The molecule has 6 nitrogen and oxygen atoms in total. The van der Waals surface area contributed by atoms with Crippen molar-refractivity contribution in [3.8, 4) is 0 Å². The molecule has 0 spiro atoms. The van der Waals surface area contributed by atoms with Crippen LogP contribution < -0.4 is 5.32 Å². The van der Waals surface area contributed by atoms with Crippen LogP contribution in [0.3, 0.4) is 0 Å². The molecule has 0 unspecified atom stereocenters. The van der Waals surface area contributed by atoms with Crippen LogP contribution in [0, 0.1) is 0 Å². The van der Waals surface area contributed by atoms with Crippen LogP contribution in [0.2, 0.25) is 0 Å². The third-order valence-corrected chi connectivity index (χ3v) is 2.71. The minimum atomic E-state index is -0.317. The predicted octanol–water partition coefficient (Wildman–Crippen LogP) is 0.497. The average Bonchev–Trinajstić information content (AvgIpc) is 2.66. The van der Waals surface area contributed by atoms with Crippen LogP contribution in [0.1, 0.15) is 41.7 Å². The lowest BCUT2D eigenvalue weighted by molar-refractivity contribution is 0.0741. The molecule has 0 saturated heterocycles. The molecule has 1 aliphatic rings. The van der Waals surface area contributed by atoms with E-state index in [1.54, 1.807) is 22.7 Å². The first-order valence-electron chi connectivity index (χ1n) is 5.94. The Balaban J connectivity index is 2.25. The molecule has 0 atom stereocenters. The van der Waals surface area contributed by atoms with E-state index in [1.807, 2.05) is 20.8 Å². The SMILES string of the molecule is CN1CCn2nc(C(=O)NC(C)(C)C)cc2C1=O. The highest BCUT2D eigenvalue weighted by Gasteiger charge is 2.26. The van der Waals surface area contributed by atoms with Gasteiger partial charge in [-0.05, 0) is 20.8 Å². The van der Waals surface area contributed by atoms with Crippen LogP contribution in [-0.4, -0.2) is 45.6 Å². The van der Waals surface area contributed by atoms with Gasteiger partial charge in [-0.1, -0.05) is 0 Å². The molecule has 0 aliphatic carbocycles. The summed E-state index contributed by atoms with van der Waals surface area (Å²) in [5, 5.41) is 7.01. The number of likely N-dealkylation sites (N-methyl/N-ethyl adjacent to an activating group) is 1. The lowest BCUT2D eigenvalue weighted by atomic mass is 10.1. The number of nitrogens with one attached hydrogen (secondary N) is 1. The monoisotopic (exact) mass is 250 g/mol. The number of amides is 2. The zero-order chi connectivity index (χ0) is 13.5. The van der Waals surface area contributed by atoms with Crippen molar-refractivity contribution < 1.29 is 9.59 Å². The zero-order valence-corrected chi connectivity index (χ0v) is 11.1. The highest BCUT2D eigenvalue weighted by atomic mass is 16.2. The van der Waals surface area contributed by atoms with Crippen LogP contribution in [0.25, 0.3) is 0 Å². The molecule has 2 rings (SSSR count). The van der Waals surface area contributed by atoms with Gasteiger partial charge in [-0.3, -0.25) is 14.3 Å². The van der Waals surface area contributed by atoms with E-state index < -0.39 is 0 Å². The van der Waals surface area contributed by atoms with Gasteiger partial charge in [-0.15, -0.1) is 0 Å². The van der Waals surface area contributed by atoms with E-state index in [0.717, 1.165) is 0 Å². The van der Waals surface area contributed by atoms with E-state index in [9.17, 15) is 9.59 Å². The molecule has 0 saturated carbocycles. The molecule has 1 N–H and O–H groups in total. The molecule has 0 bridgehead atoms. The summed E-state index contributed by atoms with van der Waals surface area (Å²) in [5.41, 5.74) is 0.452. The Morgan fingerprint density at radius 1 is 1.39 bits per heavy atom. The van der Waals surface area contributed by atoms with E-state index in [0.29, 0.717) is 24.5 Å². The molecule has 0 aromatic carbocycles. The largest absolute Gasteiger partial charge is 0.346 e. The van der Waals surface area contributed by atoms with Crippen LogP contribution in [0.5, 0.6) is 0 Å². The lowest BCUT2D eigenvalue weighted by Crippen LogP contribution is -2.40. The fourth-order valence-electron chi connectivity index (χ4n) is 1.82. The number of carbonyl (C=O) groups excluding carboxylic acids is 2. The van der Waals surface area contributed by atoms with Crippen molar-refractivity contribution in [3.63, 3.8) is 0 Å². The highest BCUT2D eigenvalue weighted by Crippen LogP contribution is 2.13. The van der Waals surface area contributed by atoms with Gasteiger partial charge in [0.2, 0.25) is 0 Å². The minimum Gasteiger partial charge on any atom is -0.346 e. The van der Waals surface area contributed by atoms with Gasteiger partial charge in [0.15, 0.2) is 5.69 Å². The minimum absolute atomic E-state index is 0.0939. The molecule has 2 amide bonds. The van der Waals surface area contributed by atoms with Crippen molar-refractivity contribution in [2.45, 2.75) is 32.9 Å². The van der Waals surface area contributed by atoms with Crippen LogP contribution in [0.4, 0.5) is 0 Å². The van der Waals surface area contributed by atoms with E-state index >= 15 is 0 Å². The third-order valence-electron chi connectivity index (χ3n) is 2.71. The molecular weight excluding hydrogens is 232 g/mol. The van der Waals surface area contributed by atoms with Gasteiger partial charge < -0.3 is 10.2 Å². The Bertz CT molecular complexity index is 499. The Hall–Kier alpha value is -1.85.